The van der Waals surface area contributed by atoms with Gasteiger partial charge in [0.2, 0.25) is 0 Å². The third kappa shape index (κ3) is 4.26. The van der Waals surface area contributed by atoms with E-state index in [4.69, 9.17) is 4.74 Å². The van der Waals surface area contributed by atoms with Crippen molar-refractivity contribution in [3.05, 3.63) is 56.7 Å². The van der Waals surface area contributed by atoms with Crippen molar-refractivity contribution in [3.63, 3.8) is 0 Å². The number of hydrogen-bond donors (Lipinski definition) is 1. The highest BCUT2D eigenvalue weighted by Crippen LogP contribution is 2.22. The summed E-state index contributed by atoms with van der Waals surface area (Å²) in [6, 6.07) is 8.45. The third-order valence-electron chi connectivity index (χ3n) is 2.61. The molecule has 1 aromatic carbocycles. The summed E-state index contributed by atoms with van der Waals surface area (Å²) in [5.74, 6) is 1.13. The van der Waals surface area contributed by atoms with Gasteiger partial charge in [-0.15, -0.1) is 0 Å². The summed E-state index contributed by atoms with van der Waals surface area (Å²) in [6.45, 7) is 2.46. The molecule has 0 fully saturated rings. The fourth-order valence-electron chi connectivity index (χ4n) is 1.64. The Morgan fingerprint density at radius 3 is 2.91 bits per heavy atom. The zero-order valence-corrected chi connectivity index (χ0v) is 13.3. The van der Waals surface area contributed by atoms with Crippen LogP contribution in [-0.4, -0.2) is 22.7 Å². The van der Waals surface area contributed by atoms with Crippen LogP contribution in [-0.2, 0) is 0 Å². The monoisotopic (exact) mass is 364 g/mol. The molecule has 0 radical (unpaired) electrons. The number of halogens is 1. The summed E-state index contributed by atoms with van der Waals surface area (Å²) in [5.41, 5.74) is 3.44. The van der Waals surface area contributed by atoms with E-state index < -0.39 is 4.92 Å². The first-order valence-electron chi connectivity index (χ1n) is 6.42. The summed E-state index contributed by atoms with van der Waals surface area (Å²) in [4.78, 5) is 13.9. The Morgan fingerprint density at radius 1 is 1.45 bits per heavy atom. The molecule has 1 heterocycles. The van der Waals surface area contributed by atoms with Crippen LogP contribution in [0.15, 0.2) is 46.1 Å². The normalized spacial score (nSPS) is 10.6. The van der Waals surface area contributed by atoms with Crippen LogP contribution in [0, 0.1) is 10.1 Å². The van der Waals surface area contributed by atoms with Gasteiger partial charge in [-0.05, 0) is 31.2 Å². The molecule has 0 spiro atoms. The van der Waals surface area contributed by atoms with Gasteiger partial charge in [0.25, 0.3) is 5.69 Å². The van der Waals surface area contributed by atoms with Gasteiger partial charge in [-0.2, -0.15) is 5.10 Å². The first-order valence-corrected chi connectivity index (χ1v) is 7.21. The molecule has 0 amide bonds. The van der Waals surface area contributed by atoms with Crippen LogP contribution in [0.5, 0.6) is 5.75 Å². The van der Waals surface area contributed by atoms with Gasteiger partial charge in [-0.3, -0.25) is 15.5 Å². The topological polar surface area (TPSA) is 89.6 Å². The Kier molecular flexibility index (Phi) is 5.42. The molecule has 2 rings (SSSR count). The van der Waals surface area contributed by atoms with E-state index in [9.17, 15) is 10.1 Å². The van der Waals surface area contributed by atoms with E-state index in [1.54, 1.807) is 6.21 Å². The smallest absolute Gasteiger partial charge is 0.287 e. The fraction of sp³-hybridized carbons (Fsp3) is 0.143. The third-order valence-corrected chi connectivity index (χ3v) is 3.11. The summed E-state index contributed by atoms with van der Waals surface area (Å²) >= 11 is 3.39. The molecule has 0 bridgehead atoms. The molecule has 114 valence electrons. The Morgan fingerprint density at radius 2 is 2.27 bits per heavy atom. The minimum absolute atomic E-state index is 0.0693. The number of nitro groups is 1. The highest BCUT2D eigenvalue weighted by atomic mass is 79.9. The number of hydrogen-bond acceptors (Lipinski definition) is 6. The van der Waals surface area contributed by atoms with E-state index in [0.717, 1.165) is 10.0 Å². The number of hydrazone groups is 1. The highest BCUT2D eigenvalue weighted by Gasteiger charge is 2.05. The lowest BCUT2D eigenvalue weighted by Crippen LogP contribution is -1.98. The van der Waals surface area contributed by atoms with Gasteiger partial charge in [0, 0.05) is 16.1 Å². The minimum Gasteiger partial charge on any atom is -0.493 e. The summed E-state index contributed by atoms with van der Waals surface area (Å²) < 4.78 is 6.41. The molecule has 0 aliphatic rings. The van der Waals surface area contributed by atoms with Gasteiger partial charge in [0.05, 0.1) is 17.7 Å². The van der Waals surface area contributed by atoms with Gasteiger partial charge in [-0.1, -0.05) is 15.9 Å². The van der Waals surface area contributed by atoms with Crippen molar-refractivity contribution >= 4 is 33.6 Å². The maximum Gasteiger partial charge on any atom is 0.287 e. The van der Waals surface area contributed by atoms with E-state index in [-0.39, 0.29) is 5.69 Å². The standard InChI is InChI=1S/C14H13BrN4O3/c1-2-22-13-5-3-11(15)7-10(13)8-17-18-14-6-4-12(9-16-14)19(20)21/h3-9H,2H2,1H3,(H,16,18)/b17-8-. The second-order valence-electron chi connectivity index (χ2n) is 4.14. The largest absolute Gasteiger partial charge is 0.493 e. The zero-order chi connectivity index (χ0) is 15.9. The van der Waals surface area contributed by atoms with Crippen molar-refractivity contribution in [1.29, 1.82) is 0 Å². The molecular formula is C14H13BrN4O3. The average Bonchev–Trinajstić information content (AvgIpc) is 2.50. The van der Waals surface area contributed by atoms with E-state index >= 15 is 0 Å². The van der Waals surface area contributed by atoms with E-state index in [2.05, 4.69) is 31.4 Å². The molecule has 1 N–H and O–H groups in total. The molecule has 0 atom stereocenters. The van der Waals surface area contributed by atoms with Gasteiger partial charge in [0.1, 0.15) is 17.8 Å². The van der Waals surface area contributed by atoms with Gasteiger partial charge < -0.3 is 4.74 Å². The quantitative estimate of drug-likeness (QED) is 0.480. The van der Waals surface area contributed by atoms with E-state index in [0.29, 0.717) is 18.2 Å². The zero-order valence-electron chi connectivity index (χ0n) is 11.7. The van der Waals surface area contributed by atoms with Gasteiger partial charge in [-0.25, -0.2) is 4.98 Å². The predicted molar refractivity (Wildman–Crippen MR) is 87.4 cm³/mol. The summed E-state index contributed by atoms with van der Waals surface area (Å²) in [7, 11) is 0. The minimum atomic E-state index is -0.504. The first kappa shape index (κ1) is 15.9. The fourth-order valence-corrected chi connectivity index (χ4v) is 2.01. The Hall–Kier alpha value is -2.48. The van der Waals surface area contributed by atoms with Crippen molar-refractivity contribution in [2.75, 3.05) is 12.0 Å². The second-order valence-corrected chi connectivity index (χ2v) is 5.06. The second kappa shape index (κ2) is 7.51. The van der Waals surface area contributed by atoms with Crippen LogP contribution in [0.25, 0.3) is 0 Å². The van der Waals surface area contributed by atoms with Crippen LogP contribution in [0.2, 0.25) is 0 Å². The molecule has 0 aliphatic carbocycles. The lowest BCUT2D eigenvalue weighted by atomic mass is 10.2. The van der Waals surface area contributed by atoms with Crippen LogP contribution in [0.4, 0.5) is 11.5 Å². The predicted octanol–water partition coefficient (Wildman–Crippen LogP) is 3.60. The van der Waals surface area contributed by atoms with Crippen molar-refractivity contribution in [2.24, 2.45) is 5.10 Å². The lowest BCUT2D eigenvalue weighted by molar-refractivity contribution is -0.385. The SMILES string of the molecule is CCOc1ccc(Br)cc1/C=N\Nc1ccc([N+](=O)[O-])cn1. The van der Waals surface area contributed by atoms with Crippen molar-refractivity contribution < 1.29 is 9.66 Å². The maximum absolute atomic E-state index is 10.5. The number of pyridine rings is 1. The van der Waals surface area contributed by atoms with E-state index in [1.165, 1.54) is 18.3 Å². The van der Waals surface area contributed by atoms with Crippen LogP contribution in [0.3, 0.4) is 0 Å². The molecule has 0 unspecified atom stereocenters. The molecular weight excluding hydrogens is 352 g/mol. The summed E-state index contributed by atoms with van der Waals surface area (Å²) in [5, 5.41) is 14.6. The van der Waals surface area contributed by atoms with Gasteiger partial charge >= 0.3 is 0 Å². The maximum atomic E-state index is 10.5. The molecule has 8 heteroatoms. The summed E-state index contributed by atoms with van der Waals surface area (Å²) in [6.07, 6.45) is 2.77. The molecule has 0 aliphatic heterocycles. The average molecular weight is 365 g/mol. The number of rotatable bonds is 6. The molecule has 0 saturated heterocycles. The number of anilines is 1. The number of nitrogens with one attached hydrogen (secondary N) is 1. The molecule has 0 saturated carbocycles. The number of ether oxygens (including phenoxy) is 1. The molecule has 1 aromatic heterocycles. The lowest BCUT2D eigenvalue weighted by Gasteiger charge is -2.07. The molecule has 7 nitrogen and oxygen atoms in total. The van der Waals surface area contributed by atoms with Gasteiger partial charge in [0.15, 0.2) is 0 Å². The first-order chi connectivity index (χ1) is 10.6. The van der Waals surface area contributed by atoms with Crippen molar-refractivity contribution in [3.8, 4) is 5.75 Å². The van der Waals surface area contributed by atoms with Crippen LogP contribution >= 0.6 is 15.9 Å². The Balaban J connectivity index is 2.08. The highest BCUT2D eigenvalue weighted by molar-refractivity contribution is 9.10. The Labute approximate surface area is 135 Å². The van der Waals surface area contributed by atoms with Crippen LogP contribution < -0.4 is 10.2 Å². The molecule has 22 heavy (non-hydrogen) atoms. The Bertz CT molecular complexity index is 689. The molecule has 2 aromatic rings. The number of aromatic nitrogens is 1. The van der Waals surface area contributed by atoms with E-state index in [1.807, 2.05) is 25.1 Å². The number of nitrogens with zero attached hydrogens (tertiary/aromatic N) is 3. The van der Waals surface area contributed by atoms with Crippen molar-refractivity contribution in [2.45, 2.75) is 6.92 Å². The number of benzene rings is 1. The van der Waals surface area contributed by atoms with Crippen LogP contribution in [0.1, 0.15) is 12.5 Å². The van der Waals surface area contributed by atoms with Crippen molar-refractivity contribution in [1.82, 2.24) is 4.98 Å².